The second kappa shape index (κ2) is 4.78. The van der Waals surface area contributed by atoms with Crippen molar-refractivity contribution in [3.63, 3.8) is 0 Å². The first-order chi connectivity index (χ1) is 11.8. The van der Waals surface area contributed by atoms with Crippen molar-refractivity contribution in [3.05, 3.63) is 0 Å². The molecule has 2 saturated carbocycles. The molecule has 3 unspecified atom stereocenters. The molecule has 0 spiro atoms. The second-order valence-corrected chi connectivity index (χ2v) is 7.00. The molecule has 0 aromatic heterocycles. The average Bonchev–Trinajstić information content (AvgIpc) is 2.49. The summed E-state index contributed by atoms with van der Waals surface area (Å²) in [5, 5.41) is 0. The molecule has 0 aromatic rings. The highest BCUT2D eigenvalue weighted by atomic mass is 79.9. The Morgan fingerprint density at radius 3 is 0.786 bits per heavy atom. The van der Waals surface area contributed by atoms with Crippen molar-refractivity contribution >= 4 is 15.9 Å². The Morgan fingerprint density at radius 1 is 0.286 bits per heavy atom. The Balaban J connectivity index is 3.23. The predicted octanol–water partition coefficient (Wildman–Crippen LogP) is 5.94. The third-order valence-corrected chi connectivity index (χ3v) is 5.62. The lowest BCUT2D eigenvalue weighted by Gasteiger charge is -2.64. The van der Waals surface area contributed by atoms with Gasteiger partial charge in [0.15, 0.2) is 0 Å². The van der Waals surface area contributed by atoms with Crippen LogP contribution in [0.1, 0.15) is 0 Å². The highest BCUT2D eigenvalue weighted by Crippen LogP contribution is 2.81. The van der Waals surface area contributed by atoms with Crippen LogP contribution in [0.3, 0.4) is 0 Å². The van der Waals surface area contributed by atoms with Crippen LogP contribution < -0.4 is 0 Å². The minimum absolute atomic E-state index is 0.254. The summed E-state index contributed by atoms with van der Waals surface area (Å²) in [4.78, 5) is 0. The van der Waals surface area contributed by atoms with E-state index < -0.39 is 57.4 Å². The SMILES string of the molecule is FC1(F)C(F)(F)C(F)(F)C2(F)C(F)(Br)C(F)(F)C(F)(F)C(F)(F)C2(F)C1(F)F. The van der Waals surface area contributed by atoms with Crippen molar-refractivity contribution in [2.75, 3.05) is 0 Å². The topological polar surface area (TPSA) is 0 Å². The number of fused-ring (bicyclic) bond motifs is 1. The zero-order valence-corrected chi connectivity index (χ0v) is 13.4. The monoisotopic (exact) mass is 522 g/mol. The van der Waals surface area contributed by atoms with Gasteiger partial charge in [-0.05, 0) is 15.9 Å². The second-order valence-electron chi connectivity index (χ2n) is 5.91. The lowest BCUT2D eigenvalue weighted by Crippen LogP contribution is -2.98. The van der Waals surface area contributed by atoms with Crippen LogP contribution in [0.4, 0.5) is 74.6 Å². The van der Waals surface area contributed by atoms with E-state index >= 15 is 0 Å². The van der Waals surface area contributed by atoms with Crippen molar-refractivity contribution in [1.82, 2.24) is 0 Å². The molecule has 2 aliphatic carbocycles. The minimum atomic E-state index is -8.31. The van der Waals surface area contributed by atoms with Crippen LogP contribution in [0.2, 0.25) is 0 Å². The molecule has 0 aromatic carbocycles. The smallest absolute Gasteiger partial charge is 0.228 e. The molecule has 0 aliphatic heterocycles. The van der Waals surface area contributed by atoms with Crippen LogP contribution in [-0.4, -0.2) is 57.4 Å². The lowest BCUT2D eigenvalue weighted by molar-refractivity contribution is -0.537. The largest absolute Gasteiger partial charge is 0.382 e. The van der Waals surface area contributed by atoms with E-state index in [0.29, 0.717) is 0 Å². The highest BCUT2D eigenvalue weighted by Gasteiger charge is 3.14. The maximum atomic E-state index is 14.5. The first kappa shape index (κ1) is 23.6. The fraction of sp³-hybridized carbons (Fsp3) is 1.00. The van der Waals surface area contributed by atoms with Crippen molar-refractivity contribution < 1.29 is 74.6 Å². The van der Waals surface area contributed by atoms with E-state index in [2.05, 4.69) is 0 Å². The maximum Gasteiger partial charge on any atom is 0.382 e. The molecule has 166 valence electrons. The maximum absolute atomic E-state index is 14.5. The van der Waals surface area contributed by atoms with Gasteiger partial charge in [-0.25, -0.2) is 13.2 Å². The molecule has 2 fully saturated rings. The van der Waals surface area contributed by atoms with Crippen molar-refractivity contribution in [3.8, 4) is 0 Å². The van der Waals surface area contributed by atoms with Gasteiger partial charge in [0.25, 0.3) is 15.9 Å². The summed E-state index contributed by atoms with van der Waals surface area (Å²) in [7, 11) is 0. The Kier molecular flexibility index (Phi) is 4.03. The number of alkyl halides is 18. The van der Waals surface area contributed by atoms with E-state index in [9.17, 15) is 74.6 Å². The van der Waals surface area contributed by atoms with Gasteiger partial charge >= 0.3 is 41.5 Å². The Hall–Kier alpha value is -0.710. The Bertz CT molecular complexity index is 593. The van der Waals surface area contributed by atoms with Gasteiger partial charge in [0.05, 0.1) is 0 Å². The van der Waals surface area contributed by atoms with Gasteiger partial charge in [-0.15, -0.1) is 0 Å². The summed E-state index contributed by atoms with van der Waals surface area (Å²) in [6.07, 6.45) is 0. The molecule has 0 heterocycles. The van der Waals surface area contributed by atoms with Crippen LogP contribution in [0, 0.1) is 0 Å². The third kappa shape index (κ3) is 1.54. The number of rotatable bonds is 0. The molecule has 18 heteroatoms. The van der Waals surface area contributed by atoms with Crippen LogP contribution >= 0.6 is 15.9 Å². The summed E-state index contributed by atoms with van der Waals surface area (Å²) in [5.41, 5.74) is -16.4. The first-order valence-corrected chi connectivity index (χ1v) is 6.94. The van der Waals surface area contributed by atoms with Crippen molar-refractivity contribution in [1.29, 1.82) is 0 Å². The third-order valence-electron chi connectivity index (χ3n) is 4.57. The van der Waals surface area contributed by atoms with Crippen LogP contribution in [-0.2, 0) is 0 Å². The Labute approximate surface area is 149 Å². The van der Waals surface area contributed by atoms with Gasteiger partial charge in [0.2, 0.25) is 0 Å². The zero-order chi connectivity index (χ0) is 23.0. The van der Waals surface area contributed by atoms with Crippen LogP contribution in [0.5, 0.6) is 0 Å². The fourth-order valence-corrected chi connectivity index (χ4v) is 3.68. The average molecular weight is 523 g/mol. The van der Waals surface area contributed by atoms with Gasteiger partial charge in [-0.3, -0.25) is 0 Å². The molecular weight excluding hydrogens is 523 g/mol. The number of hydrogen-bond acceptors (Lipinski definition) is 0. The zero-order valence-electron chi connectivity index (χ0n) is 11.8. The van der Waals surface area contributed by atoms with E-state index in [1.165, 1.54) is 0 Å². The minimum Gasteiger partial charge on any atom is -0.228 e. The molecule has 0 bridgehead atoms. The van der Waals surface area contributed by atoms with E-state index in [0.717, 1.165) is 0 Å². The summed E-state index contributed by atoms with van der Waals surface area (Å²) >= 11 is 0.254. The Morgan fingerprint density at radius 2 is 0.500 bits per heavy atom. The van der Waals surface area contributed by atoms with Crippen molar-refractivity contribution in [2.45, 2.75) is 57.4 Å². The summed E-state index contributed by atoms with van der Waals surface area (Å²) in [6.45, 7) is 0. The van der Waals surface area contributed by atoms with Gasteiger partial charge < -0.3 is 0 Å². The molecule has 0 radical (unpaired) electrons. The van der Waals surface area contributed by atoms with E-state index in [1.54, 1.807) is 0 Å². The van der Waals surface area contributed by atoms with Crippen LogP contribution in [0.15, 0.2) is 0 Å². The first-order valence-electron chi connectivity index (χ1n) is 6.15. The standard InChI is InChI=1S/C10BrF17/c11-3(14)1(12)2(13,5(17,18)8(23,24)7(3,21)22)6(19,20)10(27,28)9(25,26)4(1,15)16. The quantitative estimate of drug-likeness (QED) is 0.273. The molecule has 0 nitrogen and oxygen atoms in total. The molecule has 2 rings (SSSR count). The number of hydrogen-bond donors (Lipinski definition) is 0. The lowest BCUT2D eigenvalue weighted by atomic mass is 9.55. The summed E-state index contributed by atoms with van der Waals surface area (Å²) in [5.74, 6) is -56.3. The van der Waals surface area contributed by atoms with E-state index in [-0.39, 0.29) is 15.9 Å². The molecule has 28 heavy (non-hydrogen) atoms. The molecule has 0 saturated heterocycles. The number of halogens is 18. The predicted molar refractivity (Wildman–Crippen MR) is 55.1 cm³/mol. The summed E-state index contributed by atoms with van der Waals surface area (Å²) < 4.78 is 224. The summed E-state index contributed by atoms with van der Waals surface area (Å²) in [6, 6.07) is 0. The van der Waals surface area contributed by atoms with Gasteiger partial charge in [-0.2, -0.15) is 61.5 Å². The van der Waals surface area contributed by atoms with Gasteiger partial charge in [0.1, 0.15) is 0 Å². The van der Waals surface area contributed by atoms with Crippen molar-refractivity contribution in [2.24, 2.45) is 0 Å². The van der Waals surface area contributed by atoms with Gasteiger partial charge in [0, 0.05) is 0 Å². The van der Waals surface area contributed by atoms with E-state index in [1.807, 2.05) is 0 Å². The van der Waals surface area contributed by atoms with Gasteiger partial charge in [-0.1, -0.05) is 0 Å². The molecule has 0 amide bonds. The highest BCUT2D eigenvalue weighted by molar-refractivity contribution is 9.10. The normalized spacial score (nSPS) is 46.5. The molecular formula is C10BrF17. The molecule has 2 aliphatic rings. The van der Waals surface area contributed by atoms with E-state index in [4.69, 9.17) is 0 Å². The fourth-order valence-electron chi connectivity index (χ4n) is 2.91. The molecule has 3 atom stereocenters. The molecule has 0 N–H and O–H groups in total. The van der Waals surface area contributed by atoms with Crippen LogP contribution in [0.25, 0.3) is 0 Å².